The summed E-state index contributed by atoms with van der Waals surface area (Å²) < 4.78 is 4.97. The van der Waals surface area contributed by atoms with Crippen molar-refractivity contribution in [1.82, 2.24) is 0 Å². The fraction of sp³-hybridized carbons (Fsp3) is 0.250. The Morgan fingerprint density at radius 1 is 1.29 bits per heavy atom. The molecule has 1 rings (SSSR count). The molecule has 0 saturated heterocycles. The lowest BCUT2D eigenvalue weighted by molar-refractivity contribution is -0.116. The molecule has 0 aromatic heterocycles. The lowest BCUT2D eigenvalue weighted by Crippen LogP contribution is -2.05. The summed E-state index contributed by atoms with van der Waals surface area (Å²) in [4.78, 5) is 25.3. The van der Waals surface area contributed by atoms with Crippen LogP contribution in [0.5, 0.6) is 5.75 Å². The van der Waals surface area contributed by atoms with Crippen LogP contribution in [0.25, 0.3) is 5.53 Å². The molecule has 0 aliphatic heterocycles. The summed E-state index contributed by atoms with van der Waals surface area (Å²) in [5.41, 5.74) is 8.65. The van der Waals surface area contributed by atoms with Crippen LogP contribution in [0.15, 0.2) is 24.3 Å². The molecule has 1 aromatic carbocycles. The van der Waals surface area contributed by atoms with Crippen molar-refractivity contribution in [3.8, 4) is 5.75 Å². The smallest absolute Gasteiger partial charge is 0.323 e. The second-order valence-corrected chi connectivity index (χ2v) is 3.36. The fourth-order valence-corrected chi connectivity index (χ4v) is 1.29. The second-order valence-electron chi connectivity index (χ2n) is 3.36. The number of methoxy groups -OCH3 is 1. The van der Waals surface area contributed by atoms with Gasteiger partial charge in [0.2, 0.25) is 5.78 Å². The van der Waals surface area contributed by atoms with Crippen LogP contribution in [0, 0.1) is 0 Å². The van der Waals surface area contributed by atoms with Crippen LogP contribution in [0.1, 0.15) is 23.2 Å². The summed E-state index contributed by atoms with van der Waals surface area (Å²) in [5, 5.41) is 0. The highest BCUT2D eigenvalue weighted by Crippen LogP contribution is 2.13. The van der Waals surface area contributed by atoms with E-state index in [-0.39, 0.29) is 24.4 Å². The zero-order valence-corrected chi connectivity index (χ0v) is 9.42. The molecule has 0 saturated carbocycles. The number of carbonyl (C=O) groups excluding carboxylic acids is 2. The highest BCUT2D eigenvalue weighted by atomic mass is 16.5. The third kappa shape index (κ3) is 4.01. The zero-order valence-electron chi connectivity index (χ0n) is 9.42. The first-order valence-electron chi connectivity index (χ1n) is 5.05. The average Bonchev–Trinajstić information content (AvgIpc) is 2.36. The van der Waals surface area contributed by atoms with Gasteiger partial charge in [0.1, 0.15) is 5.75 Å². The van der Waals surface area contributed by atoms with Crippen LogP contribution in [0.4, 0.5) is 0 Å². The average molecular weight is 232 g/mol. The van der Waals surface area contributed by atoms with E-state index in [4.69, 9.17) is 10.3 Å². The first-order valence-corrected chi connectivity index (χ1v) is 5.05. The van der Waals surface area contributed by atoms with Crippen LogP contribution >= 0.6 is 0 Å². The van der Waals surface area contributed by atoms with E-state index in [1.165, 1.54) is 0 Å². The Balaban J connectivity index is 2.57. The van der Waals surface area contributed by atoms with Gasteiger partial charge in [-0.05, 0) is 24.3 Å². The molecule has 0 aliphatic carbocycles. The molecular weight excluding hydrogens is 220 g/mol. The Bertz CT molecular complexity index is 459. The number of rotatable bonds is 6. The number of ether oxygens (including phenoxy) is 1. The van der Waals surface area contributed by atoms with E-state index in [9.17, 15) is 9.59 Å². The highest BCUT2D eigenvalue weighted by Gasteiger charge is 2.10. The summed E-state index contributed by atoms with van der Waals surface area (Å²) in [5.74, 6) is 0.159. The van der Waals surface area contributed by atoms with E-state index in [0.29, 0.717) is 11.3 Å². The molecule has 5 nitrogen and oxygen atoms in total. The van der Waals surface area contributed by atoms with E-state index in [0.717, 1.165) is 6.21 Å². The largest absolute Gasteiger partial charge is 0.497 e. The Morgan fingerprint density at radius 2 is 1.94 bits per heavy atom. The van der Waals surface area contributed by atoms with Crippen molar-refractivity contribution in [3.63, 3.8) is 0 Å². The molecule has 0 heterocycles. The van der Waals surface area contributed by atoms with Crippen LogP contribution < -0.4 is 4.74 Å². The molecule has 0 fully saturated rings. The van der Waals surface area contributed by atoms with Crippen molar-refractivity contribution in [1.29, 1.82) is 0 Å². The fourth-order valence-electron chi connectivity index (χ4n) is 1.29. The number of hydrogen-bond donors (Lipinski definition) is 0. The minimum atomic E-state index is -0.380. The molecule has 0 spiro atoms. The maximum atomic E-state index is 11.7. The molecular formula is C12H12N2O3. The van der Waals surface area contributed by atoms with E-state index < -0.39 is 0 Å². The number of Topliss-reactive ketones (excluding diaryl/α,β-unsaturated/α-hetero) is 2. The van der Waals surface area contributed by atoms with E-state index in [1.54, 1.807) is 31.4 Å². The van der Waals surface area contributed by atoms with Crippen molar-refractivity contribution in [2.75, 3.05) is 7.11 Å². The van der Waals surface area contributed by atoms with Gasteiger partial charge in [0.15, 0.2) is 5.78 Å². The Morgan fingerprint density at radius 3 is 2.47 bits per heavy atom. The topological polar surface area (TPSA) is 79.8 Å². The van der Waals surface area contributed by atoms with Gasteiger partial charge in [-0.3, -0.25) is 9.59 Å². The maximum Gasteiger partial charge on any atom is 0.323 e. The summed E-state index contributed by atoms with van der Waals surface area (Å²) in [7, 11) is 1.55. The molecule has 0 N–H and O–H groups in total. The molecule has 0 amide bonds. The van der Waals surface area contributed by atoms with Crippen molar-refractivity contribution >= 4 is 17.8 Å². The number of carbonyl (C=O) groups is 2. The zero-order chi connectivity index (χ0) is 12.7. The molecule has 88 valence electrons. The van der Waals surface area contributed by atoms with Gasteiger partial charge in [-0.2, -0.15) is 4.79 Å². The Labute approximate surface area is 98.6 Å². The lowest BCUT2D eigenvalue weighted by atomic mass is 10.1. The van der Waals surface area contributed by atoms with Gasteiger partial charge in [0.25, 0.3) is 0 Å². The highest BCUT2D eigenvalue weighted by molar-refractivity contribution is 6.25. The maximum absolute atomic E-state index is 11.7. The lowest BCUT2D eigenvalue weighted by Gasteiger charge is -2.01. The predicted molar refractivity (Wildman–Crippen MR) is 61.2 cm³/mol. The summed E-state index contributed by atoms with van der Waals surface area (Å²) >= 11 is 0. The standard InChI is InChI=1S/C12H12N2O3/c1-17-11-5-2-9(3-6-11)12(16)7-4-10(15)8-14-13/h2-3,5-6,8H,4,7H2,1H3. The van der Waals surface area contributed by atoms with Crippen LogP contribution in [-0.4, -0.2) is 29.7 Å². The Kier molecular flexibility index (Phi) is 4.78. The molecule has 17 heavy (non-hydrogen) atoms. The SMILES string of the molecule is COc1ccc(C(=O)CCC(=O)C=[N+]=[N-])cc1. The number of benzene rings is 1. The van der Waals surface area contributed by atoms with Crippen molar-refractivity contribution in [2.24, 2.45) is 0 Å². The van der Waals surface area contributed by atoms with Gasteiger partial charge < -0.3 is 10.3 Å². The molecule has 0 radical (unpaired) electrons. The number of nitrogens with zero attached hydrogens (tertiary/aromatic N) is 2. The monoisotopic (exact) mass is 232 g/mol. The summed E-state index contributed by atoms with van der Waals surface area (Å²) in [6.07, 6.45) is 0.924. The predicted octanol–water partition coefficient (Wildman–Crippen LogP) is 1.53. The van der Waals surface area contributed by atoms with E-state index in [2.05, 4.69) is 4.79 Å². The van der Waals surface area contributed by atoms with Gasteiger partial charge in [0, 0.05) is 18.4 Å². The minimum Gasteiger partial charge on any atom is -0.497 e. The quantitative estimate of drug-likeness (QED) is 0.323. The Hall–Kier alpha value is -2.26. The molecule has 1 aromatic rings. The third-order valence-corrected chi connectivity index (χ3v) is 2.21. The van der Waals surface area contributed by atoms with Crippen LogP contribution in [-0.2, 0) is 4.79 Å². The van der Waals surface area contributed by atoms with Crippen molar-refractivity contribution in [3.05, 3.63) is 35.4 Å². The van der Waals surface area contributed by atoms with Gasteiger partial charge in [0.05, 0.1) is 7.11 Å². The molecule has 0 aliphatic rings. The van der Waals surface area contributed by atoms with Gasteiger partial charge in [-0.15, -0.1) is 0 Å². The van der Waals surface area contributed by atoms with Crippen LogP contribution in [0.3, 0.4) is 0 Å². The first-order chi connectivity index (χ1) is 8.17. The van der Waals surface area contributed by atoms with Gasteiger partial charge in [-0.1, -0.05) is 0 Å². The molecule has 0 bridgehead atoms. The van der Waals surface area contributed by atoms with E-state index in [1.807, 2.05) is 0 Å². The van der Waals surface area contributed by atoms with Gasteiger partial charge >= 0.3 is 6.21 Å². The third-order valence-electron chi connectivity index (χ3n) is 2.21. The first kappa shape index (κ1) is 12.8. The van der Waals surface area contributed by atoms with Crippen molar-refractivity contribution in [2.45, 2.75) is 12.8 Å². The summed E-state index contributed by atoms with van der Waals surface area (Å²) in [6.45, 7) is 0. The van der Waals surface area contributed by atoms with Crippen molar-refractivity contribution < 1.29 is 19.1 Å². The number of ketones is 2. The number of hydrogen-bond acceptors (Lipinski definition) is 3. The van der Waals surface area contributed by atoms with Gasteiger partial charge in [-0.25, -0.2) is 0 Å². The molecule has 5 heteroatoms. The second kappa shape index (κ2) is 6.35. The summed E-state index contributed by atoms with van der Waals surface area (Å²) in [6, 6.07) is 6.66. The minimum absolute atomic E-state index is 0.0366. The molecule has 0 unspecified atom stereocenters. The van der Waals surface area contributed by atoms with Crippen LogP contribution in [0.2, 0.25) is 0 Å². The van der Waals surface area contributed by atoms with E-state index >= 15 is 0 Å². The normalized spacial score (nSPS) is 9.24. The molecule has 0 atom stereocenters.